The Hall–Kier alpha value is -2.38. The molecule has 8 heteroatoms. The van der Waals surface area contributed by atoms with Crippen molar-refractivity contribution in [3.05, 3.63) is 18.0 Å². The summed E-state index contributed by atoms with van der Waals surface area (Å²) in [5, 5.41) is 6.92. The fourth-order valence-corrected chi connectivity index (χ4v) is 5.71. The summed E-state index contributed by atoms with van der Waals surface area (Å²) in [6, 6.07) is 1.71. The third kappa shape index (κ3) is 3.32. The molecule has 1 N–H and O–H groups in total. The lowest BCUT2D eigenvalue weighted by atomic mass is 9.72. The largest absolute Gasteiger partial charge is 0.364 e. The van der Waals surface area contributed by atoms with Gasteiger partial charge in [0.15, 0.2) is 5.69 Å². The van der Waals surface area contributed by atoms with Gasteiger partial charge >= 0.3 is 0 Å². The van der Waals surface area contributed by atoms with Gasteiger partial charge in [0.1, 0.15) is 6.26 Å². The first-order valence-corrected chi connectivity index (χ1v) is 10.9. The predicted octanol–water partition coefficient (Wildman–Crippen LogP) is 1.43. The van der Waals surface area contributed by atoms with E-state index in [4.69, 9.17) is 4.52 Å². The van der Waals surface area contributed by atoms with Crippen LogP contribution in [0.4, 0.5) is 0 Å². The molecular weight excluding hydrogens is 372 g/mol. The van der Waals surface area contributed by atoms with Crippen LogP contribution in [0.1, 0.15) is 55.4 Å². The van der Waals surface area contributed by atoms with Crippen molar-refractivity contribution in [3.8, 4) is 0 Å². The number of piperidine rings is 3. The number of hydrogen-bond acceptors (Lipinski definition) is 5. The first kappa shape index (κ1) is 18.6. The molecule has 8 nitrogen and oxygen atoms in total. The summed E-state index contributed by atoms with van der Waals surface area (Å²) in [4.78, 5) is 42.1. The zero-order valence-corrected chi connectivity index (χ0v) is 16.6. The Morgan fingerprint density at radius 1 is 1.17 bits per heavy atom. The smallest absolute Gasteiger partial charge is 0.276 e. The minimum Gasteiger partial charge on any atom is -0.364 e. The Labute approximate surface area is 169 Å². The fraction of sp³-hybridized carbons (Fsp3) is 0.714. The van der Waals surface area contributed by atoms with E-state index in [1.54, 1.807) is 6.07 Å². The normalized spacial score (nSPS) is 31.8. The van der Waals surface area contributed by atoms with E-state index in [1.165, 1.54) is 6.26 Å². The van der Waals surface area contributed by atoms with E-state index in [0.717, 1.165) is 38.5 Å². The molecule has 1 saturated carbocycles. The van der Waals surface area contributed by atoms with Crippen LogP contribution in [-0.4, -0.2) is 64.4 Å². The molecule has 0 radical (unpaired) electrons. The second kappa shape index (κ2) is 7.46. The second-order valence-corrected chi connectivity index (χ2v) is 9.05. The highest BCUT2D eigenvalue weighted by atomic mass is 16.5. The Kier molecular flexibility index (Phi) is 4.80. The van der Waals surface area contributed by atoms with Gasteiger partial charge in [0.2, 0.25) is 11.8 Å². The van der Waals surface area contributed by atoms with E-state index in [0.29, 0.717) is 31.7 Å². The van der Waals surface area contributed by atoms with E-state index < -0.39 is 0 Å². The van der Waals surface area contributed by atoms with Gasteiger partial charge in [-0.15, -0.1) is 0 Å². The lowest BCUT2D eigenvalue weighted by molar-refractivity contribution is -0.152. The van der Waals surface area contributed by atoms with Crippen LogP contribution in [0.15, 0.2) is 16.9 Å². The molecular formula is C21H28N4O4. The lowest BCUT2D eigenvalue weighted by Gasteiger charge is -2.56. The first-order chi connectivity index (χ1) is 14.1. The van der Waals surface area contributed by atoms with Gasteiger partial charge in [-0.25, -0.2) is 0 Å². The van der Waals surface area contributed by atoms with Gasteiger partial charge in [0.25, 0.3) is 5.91 Å². The van der Waals surface area contributed by atoms with Crippen LogP contribution in [-0.2, 0) is 9.59 Å². The van der Waals surface area contributed by atoms with Gasteiger partial charge in [-0.05, 0) is 43.9 Å². The Bertz CT molecular complexity index is 791. The zero-order valence-electron chi connectivity index (χ0n) is 16.6. The SMILES string of the molecule is O=C(NC[C@H]1[C@H]2C[C@H](CN(C(=O)c3ccon3)C2)[C@@H]2CCCC(=O)N21)C1CCC1. The topological polar surface area (TPSA) is 95.7 Å². The second-order valence-electron chi connectivity index (χ2n) is 9.05. The van der Waals surface area contributed by atoms with Crippen LogP contribution in [0.2, 0.25) is 0 Å². The van der Waals surface area contributed by atoms with E-state index in [-0.39, 0.29) is 47.6 Å². The molecule has 29 heavy (non-hydrogen) atoms. The molecule has 1 aromatic heterocycles. The highest BCUT2D eigenvalue weighted by Gasteiger charge is 2.50. The van der Waals surface area contributed by atoms with Crippen LogP contribution in [0, 0.1) is 17.8 Å². The number of fused-ring (bicyclic) bond motifs is 4. The molecule has 2 bridgehead atoms. The van der Waals surface area contributed by atoms with Crippen LogP contribution >= 0.6 is 0 Å². The van der Waals surface area contributed by atoms with Crippen molar-refractivity contribution in [2.45, 2.75) is 57.0 Å². The van der Waals surface area contributed by atoms with Gasteiger partial charge in [0, 0.05) is 44.1 Å². The lowest BCUT2D eigenvalue weighted by Crippen LogP contribution is -2.67. The van der Waals surface area contributed by atoms with Gasteiger partial charge in [-0.2, -0.15) is 0 Å². The highest BCUT2D eigenvalue weighted by molar-refractivity contribution is 5.92. The van der Waals surface area contributed by atoms with E-state index in [2.05, 4.69) is 15.4 Å². The number of likely N-dealkylation sites (tertiary alicyclic amines) is 1. The van der Waals surface area contributed by atoms with Crippen molar-refractivity contribution in [2.24, 2.45) is 17.8 Å². The fourth-order valence-electron chi connectivity index (χ4n) is 5.71. The van der Waals surface area contributed by atoms with Crippen molar-refractivity contribution in [1.82, 2.24) is 20.3 Å². The molecule has 5 rings (SSSR count). The molecule has 3 aliphatic heterocycles. The number of nitrogens with one attached hydrogen (secondary N) is 1. The Balaban J connectivity index is 1.35. The third-order valence-corrected chi connectivity index (χ3v) is 7.40. The summed E-state index contributed by atoms with van der Waals surface area (Å²) >= 11 is 0. The van der Waals surface area contributed by atoms with Gasteiger partial charge < -0.3 is 19.6 Å². The van der Waals surface area contributed by atoms with E-state index >= 15 is 0 Å². The summed E-state index contributed by atoms with van der Waals surface area (Å²) in [6.45, 7) is 1.72. The van der Waals surface area contributed by atoms with Crippen LogP contribution in [0.5, 0.6) is 0 Å². The molecule has 1 aliphatic carbocycles. The predicted molar refractivity (Wildman–Crippen MR) is 103 cm³/mol. The summed E-state index contributed by atoms with van der Waals surface area (Å²) < 4.78 is 4.85. The summed E-state index contributed by atoms with van der Waals surface area (Å²) in [5.41, 5.74) is 0.330. The zero-order chi connectivity index (χ0) is 20.0. The van der Waals surface area contributed by atoms with Crippen LogP contribution in [0.25, 0.3) is 0 Å². The molecule has 156 valence electrons. The average Bonchev–Trinajstić information content (AvgIpc) is 3.21. The Morgan fingerprint density at radius 3 is 2.72 bits per heavy atom. The van der Waals surface area contributed by atoms with Crippen molar-refractivity contribution in [2.75, 3.05) is 19.6 Å². The van der Waals surface area contributed by atoms with Crippen LogP contribution < -0.4 is 5.32 Å². The Morgan fingerprint density at radius 2 is 2.00 bits per heavy atom. The van der Waals surface area contributed by atoms with Gasteiger partial charge in [-0.3, -0.25) is 14.4 Å². The van der Waals surface area contributed by atoms with E-state index in [1.807, 2.05) is 4.90 Å². The maximum Gasteiger partial charge on any atom is 0.276 e. The molecule has 0 aromatic carbocycles. The first-order valence-electron chi connectivity index (χ1n) is 10.9. The molecule has 4 heterocycles. The number of carbonyl (C=O) groups excluding carboxylic acids is 3. The number of carbonyl (C=O) groups is 3. The number of rotatable bonds is 4. The van der Waals surface area contributed by atoms with Crippen molar-refractivity contribution in [1.29, 1.82) is 0 Å². The summed E-state index contributed by atoms with van der Waals surface area (Å²) in [5.74, 6) is 0.801. The molecule has 4 fully saturated rings. The minimum atomic E-state index is -0.110. The molecule has 3 amide bonds. The minimum absolute atomic E-state index is 0.0408. The van der Waals surface area contributed by atoms with Crippen molar-refractivity contribution in [3.63, 3.8) is 0 Å². The van der Waals surface area contributed by atoms with Crippen molar-refractivity contribution < 1.29 is 18.9 Å². The quantitative estimate of drug-likeness (QED) is 0.825. The molecule has 0 unspecified atom stereocenters. The number of nitrogens with zero attached hydrogens (tertiary/aromatic N) is 3. The highest BCUT2D eigenvalue weighted by Crippen LogP contribution is 2.41. The molecule has 0 spiro atoms. The number of aromatic nitrogens is 1. The maximum atomic E-state index is 12.9. The molecule has 4 atom stereocenters. The maximum absolute atomic E-state index is 12.9. The molecule has 4 aliphatic rings. The van der Waals surface area contributed by atoms with Gasteiger partial charge in [-0.1, -0.05) is 11.6 Å². The number of amides is 3. The van der Waals surface area contributed by atoms with Gasteiger partial charge in [0.05, 0.1) is 6.04 Å². The number of hydrogen-bond donors (Lipinski definition) is 1. The summed E-state index contributed by atoms with van der Waals surface area (Å²) in [7, 11) is 0. The standard InChI is InChI=1S/C21H28N4O4/c26-19-6-2-5-17-14-9-15(12-24(11-14)21(28)16-7-8-29-23-16)18(25(17)19)10-22-20(27)13-3-1-4-13/h7-8,13-15,17-18H,1-6,9-12H2,(H,22,27)/t14-,15+,17+,18+/m1/s1. The molecule has 3 saturated heterocycles. The molecule has 1 aromatic rings. The van der Waals surface area contributed by atoms with Crippen LogP contribution in [0.3, 0.4) is 0 Å². The van der Waals surface area contributed by atoms with Crippen molar-refractivity contribution >= 4 is 17.7 Å². The van der Waals surface area contributed by atoms with E-state index in [9.17, 15) is 14.4 Å². The third-order valence-electron chi connectivity index (χ3n) is 7.40. The average molecular weight is 400 g/mol. The summed E-state index contributed by atoms with van der Waals surface area (Å²) in [6.07, 6.45) is 7.93. The monoisotopic (exact) mass is 400 g/mol.